The molecular weight excluding hydrogens is 244 g/mol. The van der Waals surface area contributed by atoms with Crippen molar-refractivity contribution in [1.82, 2.24) is 10.3 Å². The molecule has 0 bridgehead atoms. The second kappa shape index (κ2) is 7.54. The van der Waals surface area contributed by atoms with Crippen LogP contribution >= 0.6 is 11.8 Å². The molecule has 1 saturated heterocycles. The third-order valence-electron chi connectivity index (χ3n) is 3.28. The van der Waals surface area contributed by atoms with Crippen LogP contribution < -0.4 is 5.32 Å². The Labute approximate surface area is 113 Å². The van der Waals surface area contributed by atoms with E-state index in [-0.39, 0.29) is 5.92 Å². The minimum Gasteiger partial charge on any atom is -0.317 e. The Morgan fingerprint density at radius 1 is 1.33 bits per heavy atom. The summed E-state index contributed by atoms with van der Waals surface area (Å²) >= 11 is 1.52. The number of aryl methyl sites for hydroxylation is 1. The van der Waals surface area contributed by atoms with Gasteiger partial charge in [-0.1, -0.05) is 11.8 Å². The number of hydrogen-bond donors (Lipinski definition) is 1. The van der Waals surface area contributed by atoms with Crippen LogP contribution in [-0.2, 0) is 11.2 Å². The summed E-state index contributed by atoms with van der Waals surface area (Å²) in [6.07, 6.45) is 7.76. The number of thioether (sulfide) groups is 1. The number of hydrogen-bond acceptors (Lipinski definition) is 4. The van der Waals surface area contributed by atoms with Gasteiger partial charge in [0.05, 0.1) is 0 Å². The van der Waals surface area contributed by atoms with Crippen molar-refractivity contribution in [3.8, 4) is 0 Å². The number of piperidine rings is 1. The van der Waals surface area contributed by atoms with Crippen LogP contribution in [0.1, 0.15) is 24.8 Å². The maximum atomic E-state index is 11.9. The number of aromatic nitrogens is 1. The second-order valence-electron chi connectivity index (χ2n) is 4.65. The lowest BCUT2D eigenvalue weighted by molar-refractivity contribution is -0.115. The average Bonchev–Trinajstić information content (AvgIpc) is 2.45. The molecule has 0 aromatic carbocycles. The monoisotopic (exact) mass is 264 g/mol. The zero-order valence-electron chi connectivity index (χ0n) is 10.6. The maximum Gasteiger partial charge on any atom is 0.192 e. The standard InChI is InChI=1S/C14H20N2OS/c17-14(13-5-9-16-10-6-13)18-11-1-2-12-3-7-15-8-4-12/h3-4,7-8,13,16H,1-2,5-6,9-11H2. The molecule has 0 unspecified atom stereocenters. The fourth-order valence-corrected chi connectivity index (χ4v) is 3.14. The van der Waals surface area contributed by atoms with Gasteiger partial charge < -0.3 is 5.32 Å². The number of carbonyl (C=O) groups is 1. The largest absolute Gasteiger partial charge is 0.317 e. The lowest BCUT2D eigenvalue weighted by Gasteiger charge is -2.20. The fraction of sp³-hybridized carbons (Fsp3) is 0.571. The number of rotatable bonds is 5. The Balaban J connectivity index is 1.61. The van der Waals surface area contributed by atoms with Gasteiger partial charge >= 0.3 is 0 Å². The number of pyridine rings is 1. The first-order valence-corrected chi connectivity index (χ1v) is 7.61. The maximum absolute atomic E-state index is 11.9. The third kappa shape index (κ3) is 4.42. The Hall–Kier alpha value is -0.870. The lowest BCUT2D eigenvalue weighted by atomic mass is 10.0. The summed E-state index contributed by atoms with van der Waals surface area (Å²) in [5.41, 5.74) is 1.31. The molecule has 1 N–H and O–H groups in total. The molecule has 18 heavy (non-hydrogen) atoms. The predicted molar refractivity (Wildman–Crippen MR) is 75.6 cm³/mol. The molecular formula is C14H20N2OS. The van der Waals surface area contributed by atoms with E-state index in [1.54, 1.807) is 0 Å². The highest BCUT2D eigenvalue weighted by Gasteiger charge is 2.20. The zero-order chi connectivity index (χ0) is 12.6. The van der Waals surface area contributed by atoms with Gasteiger partial charge in [-0.25, -0.2) is 0 Å². The summed E-state index contributed by atoms with van der Waals surface area (Å²) in [7, 11) is 0. The summed E-state index contributed by atoms with van der Waals surface area (Å²) in [6.45, 7) is 1.99. The van der Waals surface area contributed by atoms with Crippen LogP contribution in [-0.4, -0.2) is 28.9 Å². The van der Waals surface area contributed by atoms with E-state index in [1.807, 2.05) is 24.5 Å². The molecule has 0 amide bonds. The van der Waals surface area contributed by atoms with Crippen LogP contribution in [0.5, 0.6) is 0 Å². The van der Waals surface area contributed by atoms with Gasteiger partial charge in [0, 0.05) is 24.1 Å². The van der Waals surface area contributed by atoms with Crippen molar-refractivity contribution in [2.45, 2.75) is 25.7 Å². The van der Waals surface area contributed by atoms with Gasteiger partial charge in [0.2, 0.25) is 0 Å². The van der Waals surface area contributed by atoms with Crippen LogP contribution in [0.15, 0.2) is 24.5 Å². The minimum absolute atomic E-state index is 0.289. The van der Waals surface area contributed by atoms with Crippen LogP contribution in [0.25, 0.3) is 0 Å². The SMILES string of the molecule is O=C(SCCCc1ccncc1)C1CCNCC1. The van der Waals surface area contributed by atoms with E-state index < -0.39 is 0 Å². The molecule has 0 spiro atoms. The normalized spacial score (nSPS) is 16.7. The Bertz CT molecular complexity index is 363. The highest BCUT2D eigenvalue weighted by molar-refractivity contribution is 8.13. The number of nitrogens with zero attached hydrogens (tertiary/aromatic N) is 1. The van der Waals surface area contributed by atoms with Gasteiger partial charge in [0.15, 0.2) is 5.12 Å². The molecule has 0 saturated carbocycles. The van der Waals surface area contributed by atoms with E-state index in [0.717, 1.165) is 44.5 Å². The van der Waals surface area contributed by atoms with Crippen molar-refractivity contribution >= 4 is 16.9 Å². The van der Waals surface area contributed by atoms with Gasteiger partial charge in [-0.2, -0.15) is 0 Å². The highest BCUT2D eigenvalue weighted by Crippen LogP contribution is 2.20. The molecule has 0 radical (unpaired) electrons. The molecule has 2 rings (SSSR count). The van der Waals surface area contributed by atoms with E-state index in [4.69, 9.17) is 0 Å². The van der Waals surface area contributed by atoms with Crippen LogP contribution in [0.3, 0.4) is 0 Å². The quantitative estimate of drug-likeness (QED) is 0.828. The van der Waals surface area contributed by atoms with E-state index in [2.05, 4.69) is 10.3 Å². The van der Waals surface area contributed by atoms with Crippen molar-refractivity contribution < 1.29 is 4.79 Å². The zero-order valence-corrected chi connectivity index (χ0v) is 11.4. The second-order valence-corrected chi connectivity index (χ2v) is 5.75. The van der Waals surface area contributed by atoms with E-state index >= 15 is 0 Å². The first kappa shape index (κ1) is 13.6. The molecule has 1 fully saturated rings. The number of carbonyl (C=O) groups excluding carboxylic acids is 1. The summed E-state index contributed by atoms with van der Waals surface area (Å²) in [5.74, 6) is 1.22. The molecule has 98 valence electrons. The van der Waals surface area contributed by atoms with Crippen molar-refractivity contribution in [3.05, 3.63) is 30.1 Å². The molecule has 1 aliphatic heterocycles. The third-order valence-corrected chi connectivity index (χ3v) is 4.39. The smallest absolute Gasteiger partial charge is 0.192 e. The molecule has 4 heteroatoms. The Kier molecular flexibility index (Phi) is 5.68. The topological polar surface area (TPSA) is 42.0 Å². The number of nitrogens with one attached hydrogen (secondary N) is 1. The van der Waals surface area contributed by atoms with Crippen molar-refractivity contribution in [1.29, 1.82) is 0 Å². The van der Waals surface area contributed by atoms with E-state index in [9.17, 15) is 4.79 Å². The molecule has 0 aliphatic carbocycles. The predicted octanol–water partition coefficient (Wildman–Crippen LogP) is 2.27. The summed E-state index contributed by atoms with van der Waals surface area (Å²) in [5, 5.41) is 3.69. The highest BCUT2D eigenvalue weighted by atomic mass is 32.2. The van der Waals surface area contributed by atoms with Crippen molar-refractivity contribution in [2.24, 2.45) is 5.92 Å². The first-order chi connectivity index (χ1) is 8.86. The molecule has 1 aliphatic rings. The first-order valence-electron chi connectivity index (χ1n) is 6.62. The van der Waals surface area contributed by atoms with Gasteiger partial charge in [-0.3, -0.25) is 9.78 Å². The summed E-state index contributed by atoms with van der Waals surface area (Å²) in [6, 6.07) is 4.08. The van der Waals surface area contributed by atoms with Crippen LogP contribution in [0.2, 0.25) is 0 Å². The van der Waals surface area contributed by atoms with Gasteiger partial charge in [-0.15, -0.1) is 0 Å². The van der Waals surface area contributed by atoms with Crippen LogP contribution in [0, 0.1) is 5.92 Å². The van der Waals surface area contributed by atoms with E-state index in [1.165, 1.54) is 17.3 Å². The molecule has 0 atom stereocenters. The molecule has 1 aromatic heterocycles. The lowest BCUT2D eigenvalue weighted by Crippen LogP contribution is -2.30. The van der Waals surface area contributed by atoms with Crippen molar-refractivity contribution in [2.75, 3.05) is 18.8 Å². The Morgan fingerprint density at radius 3 is 2.78 bits per heavy atom. The molecule has 2 heterocycles. The van der Waals surface area contributed by atoms with E-state index in [0.29, 0.717) is 5.12 Å². The molecule has 1 aromatic rings. The van der Waals surface area contributed by atoms with Crippen molar-refractivity contribution in [3.63, 3.8) is 0 Å². The Morgan fingerprint density at radius 2 is 2.06 bits per heavy atom. The fourth-order valence-electron chi connectivity index (χ4n) is 2.17. The van der Waals surface area contributed by atoms with Gasteiger partial charge in [-0.05, 0) is 56.5 Å². The van der Waals surface area contributed by atoms with Gasteiger partial charge in [0.25, 0.3) is 0 Å². The summed E-state index contributed by atoms with van der Waals surface area (Å²) < 4.78 is 0. The summed E-state index contributed by atoms with van der Waals surface area (Å²) in [4.78, 5) is 15.9. The molecule has 3 nitrogen and oxygen atoms in total. The van der Waals surface area contributed by atoms with Gasteiger partial charge in [0.1, 0.15) is 0 Å². The van der Waals surface area contributed by atoms with Crippen LogP contribution in [0.4, 0.5) is 0 Å². The minimum atomic E-state index is 0.289. The average molecular weight is 264 g/mol.